The highest BCUT2D eigenvalue weighted by Gasteiger charge is 2.28. The number of nitrogens with one attached hydrogen (secondary N) is 1. The Hall–Kier alpha value is -0.210. The van der Waals surface area contributed by atoms with E-state index in [2.05, 4.69) is 17.9 Å². The molecule has 0 saturated carbocycles. The first-order valence-corrected chi connectivity index (χ1v) is 9.94. The second-order valence-electron chi connectivity index (χ2n) is 4.28. The number of amides is 2. The van der Waals surface area contributed by atoms with Gasteiger partial charge in [0.05, 0.1) is 5.78 Å². The normalized spacial score (nSPS) is 17.0. The highest BCUT2D eigenvalue weighted by Crippen LogP contribution is 2.45. The molecule has 7 nitrogen and oxygen atoms in total. The van der Waals surface area contributed by atoms with Crippen LogP contribution in [0.1, 0.15) is 12.8 Å². The number of primary amides is 1. The van der Waals surface area contributed by atoms with Gasteiger partial charge in [-0.25, -0.2) is 0 Å². The zero-order chi connectivity index (χ0) is 15.8. The van der Waals surface area contributed by atoms with Crippen LogP contribution in [-0.2, 0) is 14.2 Å². The quantitative estimate of drug-likeness (QED) is 0.270. The van der Waals surface area contributed by atoms with Crippen molar-refractivity contribution in [2.24, 2.45) is 11.5 Å². The van der Waals surface area contributed by atoms with Crippen LogP contribution in [0.3, 0.4) is 0 Å². The number of thioether (sulfide) groups is 1. The van der Waals surface area contributed by atoms with Crippen molar-refractivity contribution in [1.82, 2.24) is 5.32 Å². The fourth-order valence-corrected chi connectivity index (χ4v) is 3.66. The molecule has 0 aromatic rings. The van der Waals surface area contributed by atoms with Crippen molar-refractivity contribution in [3.05, 3.63) is 0 Å². The lowest BCUT2D eigenvalue weighted by atomic mass is 10.3. The van der Waals surface area contributed by atoms with Gasteiger partial charge in [-0.3, -0.25) is 14.2 Å². The molecule has 0 saturated heterocycles. The number of carbonyl (C=O) groups excluding carboxylic acids is 2. The van der Waals surface area contributed by atoms with Crippen molar-refractivity contribution >= 4 is 43.6 Å². The smallest absolute Gasteiger partial charge is 0.240 e. The molecule has 0 aromatic heterocycles. The fraction of sp³-hybridized carbons (Fsp3) is 0.800. The molecule has 2 unspecified atom stereocenters. The third kappa shape index (κ3) is 7.54. The van der Waals surface area contributed by atoms with Crippen LogP contribution in [0.4, 0.5) is 0 Å². The van der Waals surface area contributed by atoms with Gasteiger partial charge in [-0.15, -0.1) is 0 Å². The van der Waals surface area contributed by atoms with E-state index in [9.17, 15) is 19.0 Å². The zero-order valence-electron chi connectivity index (χ0n) is 11.3. The Labute approximate surface area is 128 Å². The van der Waals surface area contributed by atoms with E-state index in [0.717, 1.165) is 0 Å². The fourth-order valence-electron chi connectivity index (χ4n) is 1.34. The van der Waals surface area contributed by atoms with Crippen LogP contribution in [-0.4, -0.2) is 52.5 Å². The SMILES string of the molecule is CSCCC(N)P(=O)(O)CCC(=O)N[C@@H](CS)C(N)=O. The molecule has 0 rings (SSSR count). The summed E-state index contributed by atoms with van der Waals surface area (Å²) in [5, 5.41) is 2.35. The molecule has 0 radical (unpaired) electrons. The number of hydrogen-bond donors (Lipinski definition) is 5. The monoisotopic (exact) mass is 343 g/mol. The average molecular weight is 343 g/mol. The zero-order valence-corrected chi connectivity index (χ0v) is 13.9. The van der Waals surface area contributed by atoms with Gasteiger partial charge in [0.25, 0.3) is 0 Å². The van der Waals surface area contributed by atoms with Gasteiger partial charge >= 0.3 is 0 Å². The molecule has 0 spiro atoms. The minimum Gasteiger partial charge on any atom is -0.368 e. The lowest BCUT2D eigenvalue weighted by Gasteiger charge is -2.19. The molecule has 10 heteroatoms. The van der Waals surface area contributed by atoms with Crippen LogP contribution in [0.5, 0.6) is 0 Å². The van der Waals surface area contributed by atoms with Crippen molar-refractivity contribution in [3.63, 3.8) is 0 Å². The predicted octanol–water partition coefficient (Wildman–Crippen LogP) is -0.415. The largest absolute Gasteiger partial charge is 0.368 e. The second kappa shape index (κ2) is 9.68. The third-order valence-electron chi connectivity index (χ3n) is 2.66. The molecule has 0 heterocycles. The molecular formula is C10H22N3O4PS2. The topological polar surface area (TPSA) is 136 Å². The van der Waals surface area contributed by atoms with Crippen LogP contribution in [0.2, 0.25) is 0 Å². The molecule has 0 bridgehead atoms. The van der Waals surface area contributed by atoms with Crippen LogP contribution in [0.15, 0.2) is 0 Å². The van der Waals surface area contributed by atoms with E-state index in [0.29, 0.717) is 12.2 Å². The maximum Gasteiger partial charge on any atom is 0.240 e. The Morgan fingerprint density at radius 1 is 1.50 bits per heavy atom. The lowest BCUT2D eigenvalue weighted by molar-refractivity contribution is -0.126. The van der Waals surface area contributed by atoms with Crippen LogP contribution >= 0.6 is 31.8 Å². The third-order valence-corrected chi connectivity index (χ3v) is 5.82. The van der Waals surface area contributed by atoms with Gasteiger partial charge in [0.1, 0.15) is 6.04 Å². The molecule has 20 heavy (non-hydrogen) atoms. The van der Waals surface area contributed by atoms with Gasteiger partial charge in [0, 0.05) is 18.3 Å². The summed E-state index contributed by atoms with van der Waals surface area (Å²) < 4.78 is 11.9. The maximum atomic E-state index is 11.9. The Morgan fingerprint density at radius 3 is 2.55 bits per heavy atom. The molecule has 6 N–H and O–H groups in total. The molecule has 0 fully saturated rings. The van der Waals surface area contributed by atoms with E-state index in [1.807, 2.05) is 6.26 Å². The number of thiol groups is 1. The van der Waals surface area contributed by atoms with Gasteiger partial charge in [-0.2, -0.15) is 24.4 Å². The summed E-state index contributed by atoms with van der Waals surface area (Å²) in [7, 11) is -3.57. The van der Waals surface area contributed by atoms with Crippen LogP contribution < -0.4 is 16.8 Å². The summed E-state index contributed by atoms with van der Waals surface area (Å²) in [5.74, 6) is -1.29. The molecule has 0 aliphatic rings. The summed E-state index contributed by atoms with van der Waals surface area (Å²) >= 11 is 5.42. The van der Waals surface area contributed by atoms with E-state index >= 15 is 0 Å². The summed E-state index contributed by atoms with van der Waals surface area (Å²) in [5.41, 5.74) is 10.7. The first-order chi connectivity index (χ1) is 9.24. The van der Waals surface area contributed by atoms with Gasteiger partial charge in [-0.1, -0.05) is 0 Å². The lowest BCUT2D eigenvalue weighted by Crippen LogP contribution is -2.45. The molecule has 2 amide bonds. The van der Waals surface area contributed by atoms with E-state index in [1.54, 1.807) is 0 Å². The van der Waals surface area contributed by atoms with Gasteiger partial charge in [0.2, 0.25) is 19.2 Å². The first-order valence-electron chi connectivity index (χ1n) is 6.00. The van der Waals surface area contributed by atoms with E-state index < -0.39 is 31.0 Å². The number of nitrogens with two attached hydrogens (primary N) is 2. The summed E-state index contributed by atoms with van der Waals surface area (Å²) in [6.45, 7) is 0. The summed E-state index contributed by atoms with van der Waals surface area (Å²) in [4.78, 5) is 32.3. The molecule has 0 aromatic carbocycles. The van der Waals surface area contributed by atoms with E-state index in [4.69, 9.17) is 11.5 Å². The summed E-state index contributed by atoms with van der Waals surface area (Å²) in [6.07, 6.45) is 1.89. The summed E-state index contributed by atoms with van der Waals surface area (Å²) in [6, 6.07) is -0.880. The van der Waals surface area contributed by atoms with Crippen molar-refractivity contribution < 1.29 is 19.0 Å². The highest BCUT2D eigenvalue weighted by atomic mass is 32.2. The molecular weight excluding hydrogens is 321 g/mol. The van der Waals surface area contributed by atoms with Gasteiger partial charge < -0.3 is 21.7 Å². The van der Waals surface area contributed by atoms with Crippen LogP contribution in [0, 0.1) is 0 Å². The Morgan fingerprint density at radius 2 is 2.10 bits per heavy atom. The van der Waals surface area contributed by atoms with Crippen molar-refractivity contribution in [1.29, 1.82) is 0 Å². The molecule has 0 aliphatic carbocycles. The first kappa shape index (κ1) is 19.8. The Bertz CT molecular complexity index is 384. The number of rotatable bonds is 10. The second-order valence-corrected chi connectivity index (χ2v) is 8.26. The Balaban J connectivity index is 4.28. The Kier molecular flexibility index (Phi) is 9.58. The number of carbonyl (C=O) groups is 2. The molecule has 118 valence electrons. The predicted molar refractivity (Wildman–Crippen MR) is 85.3 cm³/mol. The van der Waals surface area contributed by atoms with E-state index in [-0.39, 0.29) is 18.3 Å². The van der Waals surface area contributed by atoms with Gasteiger partial charge in [-0.05, 0) is 18.4 Å². The minimum atomic E-state index is -3.57. The van der Waals surface area contributed by atoms with Crippen molar-refractivity contribution in [2.75, 3.05) is 23.9 Å². The highest BCUT2D eigenvalue weighted by molar-refractivity contribution is 7.98. The minimum absolute atomic E-state index is 0.0745. The molecule has 0 aliphatic heterocycles. The van der Waals surface area contributed by atoms with Crippen LogP contribution in [0.25, 0.3) is 0 Å². The average Bonchev–Trinajstić information content (AvgIpc) is 2.39. The van der Waals surface area contributed by atoms with Crippen molar-refractivity contribution in [3.8, 4) is 0 Å². The van der Waals surface area contributed by atoms with E-state index in [1.165, 1.54) is 11.8 Å². The number of hydrogen-bond acceptors (Lipinski definition) is 6. The maximum absolute atomic E-state index is 11.9. The molecule has 3 atom stereocenters. The standard InChI is InChI=1S/C10H22N3O4PS2/c1-20-5-3-8(11)18(16,17)4-2-9(14)13-7(6-19)10(12)15/h7-8,19H,2-6,11H2,1H3,(H2,12,15)(H,13,14)(H,16,17)/t7-,8?/m0/s1. The van der Waals surface area contributed by atoms with Crippen molar-refractivity contribution in [2.45, 2.75) is 24.7 Å². The van der Waals surface area contributed by atoms with Gasteiger partial charge in [0.15, 0.2) is 0 Å².